The molecule has 1 heterocycles. The Morgan fingerprint density at radius 3 is 2.44 bits per heavy atom. The number of fused-ring (bicyclic) bond motifs is 3. The number of methoxy groups -OCH3 is 1. The van der Waals surface area contributed by atoms with Crippen LogP contribution < -0.4 is 4.74 Å². The van der Waals surface area contributed by atoms with Gasteiger partial charge in [-0.2, -0.15) is 0 Å². The van der Waals surface area contributed by atoms with Gasteiger partial charge in [0.15, 0.2) is 0 Å². The lowest BCUT2D eigenvalue weighted by molar-refractivity contribution is 0.0601. The fourth-order valence-corrected chi connectivity index (χ4v) is 4.45. The fourth-order valence-electron chi connectivity index (χ4n) is 4.45. The normalized spacial score (nSPS) is 11.4. The first kappa shape index (κ1) is 21.8. The lowest BCUT2D eigenvalue weighted by Crippen LogP contribution is -2.12. The van der Waals surface area contributed by atoms with Gasteiger partial charge in [0, 0.05) is 21.9 Å². The van der Waals surface area contributed by atoms with E-state index in [0.29, 0.717) is 30.0 Å². The first-order chi connectivity index (χ1) is 15.3. The molecular weight excluding hydrogens is 402 g/mol. The summed E-state index contributed by atoms with van der Waals surface area (Å²) in [5, 5.41) is 12.9. The molecule has 0 aliphatic rings. The van der Waals surface area contributed by atoms with Crippen LogP contribution in [0.3, 0.4) is 0 Å². The minimum atomic E-state index is -0.414. The fraction of sp³-hybridized carbons (Fsp3) is 0.296. The third kappa shape index (κ3) is 3.68. The van der Waals surface area contributed by atoms with Crippen LogP contribution in [-0.4, -0.2) is 29.4 Å². The highest BCUT2D eigenvalue weighted by atomic mass is 16.5. The SMILES string of the molecule is COC(=O)c1c(C)n(CCOc2cc(C)ccc2C(C)C)c2c1cc(O)c1ccccc12. The number of carbonyl (C=O) groups excluding carboxylic acids is 1. The van der Waals surface area contributed by atoms with Crippen LogP contribution in [0.4, 0.5) is 0 Å². The van der Waals surface area contributed by atoms with Crippen molar-refractivity contribution >= 4 is 27.6 Å². The van der Waals surface area contributed by atoms with E-state index in [0.717, 1.165) is 33.3 Å². The van der Waals surface area contributed by atoms with Crippen molar-refractivity contribution in [3.05, 3.63) is 70.9 Å². The number of esters is 1. The predicted molar refractivity (Wildman–Crippen MR) is 128 cm³/mol. The van der Waals surface area contributed by atoms with Crippen LogP contribution in [0.25, 0.3) is 21.7 Å². The molecule has 5 nitrogen and oxygen atoms in total. The number of phenols is 1. The number of aromatic hydroxyl groups is 1. The molecule has 0 fully saturated rings. The van der Waals surface area contributed by atoms with Crippen LogP contribution in [0.2, 0.25) is 0 Å². The van der Waals surface area contributed by atoms with E-state index in [2.05, 4.69) is 43.5 Å². The molecule has 0 saturated carbocycles. The molecule has 0 spiro atoms. The summed E-state index contributed by atoms with van der Waals surface area (Å²) in [7, 11) is 1.38. The highest BCUT2D eigenvalue weighted by Gasteiger charge is 2.23. The Hall–Kier alpha value is -3.47. The van der Waals surface area contributed by atoms with Gasteiger partial charge in [-0.25, -0.2) is 4.79 Å². The lowest BCUT2D eigenvalue weighted by Gasteiger charge is -2.16. The number of benzene rings is 3. The number of phenolic OH excluding ortho intramolecular Hbond substituents is 1. The molecule has 1 aromatic heterocycles. The van der Waals surface area contributed by atoms with Gasteiger partial charge in [0.2, 0.25) is 0 Å². The molecule has 0 aliphatic heterocycles. The quantitative estimate of drug-likeness (QED) is 0.374. The summed E-state index contributed by atoms with van der Waals surface area (Å²) in [6.07, 6.45) is 0. The molecule has 166 valence electrons. The largest absolute Gasteiger partial charge is 0.507 e. The van der Waals surface area contributed by atoms with Gasteiger partial charge in [0.25, 0.3) is 0 Å². The van der Waals surface area contributed by atoms with Crippen molar-refractivity contribution in [1.29, 1.82) is 0 Å². The minimum absolute atomic E-state index is 0.146. The molecule has 0 bridgehead atoms. The van der Waals surface area contributed by atoms with Gasteiger partial charge >= 0.3 is 5.97 Å². The Morgan fingerprint density at radius 1 is 1.03 bits per heavy atom. The topological polar surface area (TPSA) is 60.7 Å². The molecule has 0 saturated heterocycles. The summed E-state index contributed by atoms with van der Waals surface area (Å²) < 4.78 is 13.4. The Labute approximate surface area is 188 Å². The second kappa shape index (κ2) is 8.58. The number of hydrogen-bond acceptors (Lipinski definition) is 4. The molecule has 1 N–H and O–H groups in total. The van der Waals surface area contributed by atoms with E-state index >= 15 is 0 Å². The summed E-state index contributed by atoms with van der Waals surface area (Å²) in [6.45, 7) is 9.28. The summed E-state index contributed by atoms with van der Waals surface area (Å²) in [5.74, 6) is 0.984. The summed E-state index contributed by atoms with van der Waals surface area (Å²) in [6, 6.07) is 15.6. The average Bonchev–Trinajstić information content (AvgIpc) is 3.04. The molecule has 32 heavy (non-hydrogen) atoms. The first-order valence-electron chi connectivity index (χ1n) is 10.9. The Balaban J connectivity index is 1.79. The third-order valence-corrected chi connectivity index (χ3v) is 6.05. The van der Waals surface area contributed by atoms with Crippen molar-refractivity contribution in [2.24, 2.45) is 0 Å². The third-order valence-electron chi connectivity index (χ3n) is 6.05. The van der Waals surface area contributed by atoms with E-state index in [-0.39, 0.29) is 5.75 Å². The van der Waals surface area contributed by atoms with Gasteiger partial charge in [-0.3, -0.25) is 0 Å². The van der Waals surface area contributed by atoms with Crippen molar-refractivity contribution in [1.82, 2.24) is 4.57 Å². The summed E-state index contributed by atoms with van der Waals surface area (Å²) in [4.78, 5) is 12.6. The smallest absolute Gasteiger partial charge is 0.340 e. The molecular formula is C27H29NO4. The molecule has 0 atom stereocenters. The van der Waals surface area contributed by atoms with Crippen LogP contribution in [0, 0.1) is 13.8 Å². The Bertz CT molecular complexity index is 1320. The van der Waals surface area contributed by atoms with Crippen molar-refractivity contribution in [3.8, 4) is 11.5 Å². The molecule has 0 radical (unpaired) electrons. The van der Waals surface area contributed by atoms with Gasteiger partial charge in [-0.15, -0.1) is 0 Å². The second-order valence-corrected chi connectivity index (χ2v) is 8.49. The summed E-state index contributed by atoms with van der Waals surface area (Å²) in [5.41, 5.74) is 4.49. The minimum Gasteiger partial charge on any atom is -0.507 e. The Kier molecular flexibility index (Phi) is 5.83. The molecule has 0 amide bonds. The van der Waals surface area contributed by atoms with Gasteiger partial charge in [0.05, 0.1) is 24.7 Å². The monoisotopic (exact) mass is 431 g/mol. The standard InChI is InChI=1S/C27H29NO4/c1-16(2)19-11-10-17(3)14-24(19)32-13-12-28-18(4)25(27(30)31-5)22-15-23(29)20-8-6-7-9-21(20)26(22)28/h6-11,14-16,29H,12-13H2,1-5H3. The van der Waals surface area contributed by atoms with Crippen molar-refractivity contribution in [2.45, 2.75) is 40.2 Å². The maximum atomic E-state index is 12.6. The summed E-state index contributed by atoms with van der Waals surface area (Å²) >= 11 is 0. The maximum absolute atomic E-state index is 12.6. The van der Waals surface area contributed by atoms with Crippen LogP contribution in [-0.2, 0) is 11.3 Å². The number of aromatic nitrogens is 1. The highest BCUT2D eigenvalue weighted by molar-refractivity contribution is 6.16. The number of carbonyl (C=O) groups is 1. The zero-order valence-electron chi connectivity index (χ0n) is 19.2. The van der Waals surface area contributed by atoms with Gasteiger partial charge in [0.1, 0.15) is 18.1 Å². The second-order valence-electron chi connectivity index (χ2n) is 8.49. The van der Waals surface area contributed by atoms with E-state index in [1.54, 1.807) is 6.07 Å². The van der Waals surface area contributed by atoms with Crippen molar-refractivity contribution in [2.75, 3.05) is 13.7 Å². The van der Waals surface area contributed by atoms with Crippen LogP contribution in [0.5, 0.6) is 11.5 Å². The Morgan fingerprint density at radius 2 is 1.75 bits per heavy atom. The van der Waals surface area contributed by atoms with Crippen LogP contribution >= 0.6 is 0 Å². The molecule has 4 aromatic rings. The predicted octanol–water partition coefficient (Wildman–Crippen LogP) is 6.11. The van der Waals surface area contributed by atoms with E-state index in [1.807, 2.05) is 31.2 Å². The highest BCUT2D eigenvalue weighted by Crippen LogP contribution is 2.37. The zero-order chi connectivity index (χ0) is 23.0. The van der Waals surface area contributed by atoms with Crippen molar-refractivity contribution in [3.63, 3.8) is 0 Å². The van der Waals surface area contributed by atoms with Gasteiger partial charge < -0.3 is 19.1 Å². The van der Waals surface area contributed by atoms with E-state index < -0.39 is 5.97 Å². The zero-order valence-corrected chi connectivity index (χ0v) is 19.2. The number of aryl methyl sites for hydroxylation is 1. The van der Waals surface area contributed by atoms with E-state index in [9.17, 15) is 9.90 Å². The molecule has 5 heteroatoms. The number of ether oxygens (including phenoxy) is 2. The van der Waals surface area contributed by atoms with Gasteiger partial charge in [-0.05, 0) is 43.0 Å². The number of hydrogen-bond donors (Lipinski definition) is 1. The van der Waals surface area contributed by atoms with Crippen molar-refractivity contribution < 1.29 is 19.4 Å². The van der Waals surface area contributed by atoms with Crippen LogP contribution in [0.15, 0.2) is 48.5 Å². The van der Waals surface area contributed by atoms with E-state index in [1.165, 1.54) is 12.7 Å². The molecule has 3 aromatic carbocycles. The molecule has 0 unspecified atom stereocenters. The number of nitrogens with zero attached hydrogens (tertiary/aromatic N) is 1. The van der Waals surface area contributed by atoms with E-state index in [4.69, 9.17) is 9.47 Å². The molecule has 0 aliphatic carbocycles. The lowest BCUT2D eigenvalue weighted by atomic mass is 10.0. The van der Waals surface area contributed by atoms with Gasteiger partial charge in [-0.1, -0.05) is 50.2 Å². The maximum Gasteiger partial charge on any atom is 0.340 e. The first-order valence-corrected chi connectivity index (χ1v) is 10.9. The van der Waals surface area contributed by atoms with Crippen LogP contribution in [0.1, 0.15) is 46.9 Å². The average molecular weight is 432 g/mol. The number of rotatable bonds is 6. The molecule has 4 rings (SSSR count).